The molecule has 1 heterocycles. The first kappa shape index (κ1) is 12.7. The summed E-state index contributed by atoms with van der Waals surface area (Å²) in [4.78, 5) is 8.73. The van der Waals surface area contributed by atoms with Crippen molar-refractivity contribution in [1.82, 2.24) is 9.97 Å². The van der Waals surface area contributed by atoms with Crippen molar-refractivity contribution in [2.45, 2.75) is 46.5 Å². The third-order valence-corrected chi connectivity index (χ3v) is 2.25. The molecule has 90 valence electrons. The number of aromatic nitrogens is 2. The summed E-state index contributed by atoms with van der Waals surface area (Å²) in [5, 5.41) is 0. The number of anilines is 1. The molecule has 0 saturated carbocycles. The van der Waals surface area contributed by atoms with Crippen LogP contribution in [0.15, 0.2) is 0 Å². The lowest BCUT2D eigenvalue weighted by molar-refractivity contribution is 0.299. The molecule has 0 atom stereocenters. The van der Waals surface area contributed by atoms with E-state index in [0.717, 1.165) is 17.8 Å². The molecule has 0 amide bonds. The molecule has 0 aromatic carbocycles. The zero-order chi connectivity index (χ0) is 12.3. The van der Waals surface area contributed by atoms with Gasteiger partial charge in [0.1, 0.15) is 11.6 Å². The van der Waals surface area contributed by atoms with Crippen LogP contribution in [0.4, 0.5) is 5.82 Å². The lowest BCUT2D eigenvalue weighted by Crippen LogP contribution is -2.18. The normalized spacial score (nSPS) is 11.6. The topological polar surface area (TPSA) is 61.0 Å². The number of nitrogen functional groups attached to an aromatic ring is 1. The highest BCUT2D eigenvalue weighted by molar-refractivity contribution is 5.45. The standard InChI is InChI=1S/C12H21N3O/c1-6-7-16-10-8(2)9(13)14-11(15-10)12(3,4)5/h6-7H2,1-5H3,(H2,13,14,15). The molecule has 0 fully saturated rings. The number of nitrogens with zero attached hydrogens (tertiary/aromatic N) is 2. The zero-order valence-electron chi connectivity index (χ0n) is 10.8. The van der Waals surface area contributed by atoms with Crippen LogP contribution in [0.1, 0.15) is 45.5 Å². The summed E-state index contributed by atoms with van der Waals surface area (Å²) in [6.45, 7) is 10.8. The van der Waals surface area contributed by atoms with Crippen LogP contribution < -0.4 is 10.5 Å². The highest BCUT2D eigenvalue weighted by Gasteiger charge is 2.20. The first-order valence-corrected chi connectivity index (χ1v) is 5.63. The number of ether oxygens (including phenoxy) is 1. The average molecular weight is 223 g/mol. The maximum Gasteiger partial charge on any atom is 0.221 e. The Kier molecular flexibility index (Phi) is 3.73. The van der Waals surface area contributed by atoms with Crippen LogP contribution in [0.25, 0.3) is 0 Å². The van der Waals surface area contributed by atoms with E-state index < -0.39 is 0 Å². The highest BCUT2D eigenvalue weighted by Crippen LogP contribution is 2.25. The van der Waals surface area contributed by atoms with Crippen LogP contribution >= 0.6 is 0 Å². The summed E-state index contributed by atoms with van der Waals surface area (Å²) in [6, 6.07) is 0. The number of hydrogen-bond donors (Lipinski definition) is 1. The van der Waals surface area contributed by atoms with Crippen LogP contribution in [0.2, 0.25) is 0 Å². The Bertz CT molecular complexity index is 369. The second kappa shape index (κ2) is 4.68. The molecular formula is C12H21N3O. The molecule has 1 rings (SSSR count). The molecule has 4 heteroatoms. The highest BCUT2D eigenvalue weighted by atomic mass is 16.5. The maximum absolute atomic E-state index is 5.86. The monoisotopic (exact) mass is 223 g/mol. The van der Waals surface area contributed by atoms with Gasteiger partial charge in [-0.1, -0.05) is 27.7 Å². The van der Waals surface area contributed by atoms with Gasteiger partial charge in [-0.3, -0.25) is 0 Å². The molecule has 0 aliphatic heterocycles. The Hall–Kier alpha value is -1.32. The summed E-state index contributed by atoms with van der Waals surface area (Å²) in [5.74, 6) is 1.84. The molecule has 0 aliphatic carbocycles. The van der Waals surface area contributed by atoms with Gasteiger partial charge in [-0.25, -0.2) is 4.98 Å². The Morgan fingerprint density at radius 2 is 1.88 bits per heavy atom. The fraction of sp³-hybridized carbons (Fsp3) is 0.667. The lowest BCUT2D eigenvalue weighted by atomic mass is 9.95. The van der Waals surface area contributed by atoms with E-state index in [0.29, 0.717) is 18.3 Å². The Morgan fingerprint density at radius 1 is 1.25 bits per heavy atom. The second-order valence-corrected chi connectivity index (χ2v) is 4.96. The van der Waals surface area contributed by atoms with Gasteiger partial charge in [-0.15, -0.1) is 0 Å². The Balaban J connectivity index is 3.12. The summed E-state index contributed by atoms with van der Waals surface area (Å²) in [5.41, 5.74) is 6.56. The summed E-state index contributed by atoms with van der Waals surface area (Å²) in [7, 11) is 0. The van der Waals surface area contributed by atoms with Crippen LogP contribution in [0.3, 0.4) is 0 Å². The third kappa shape index (κ3) is 2.84. The van der Waals surface area contributed by atoms with Gasteiger partial charge in [0, 0.05) is 5.41 Å². The van der Waals surface area contributed by atoms with Gasteiger partial charge in [0.25, 0.3) is 0 Å². The minimum Gasteiger partial charge on any atom is -0.477 e. The fourth-order valence-corrected chi connectivity index (χ4v) is 1.19. The van der Waals surface area contributed by atoms with E-state index in [2.05, 4.69) is 37.7 Å². The SMILES string of the molecule is CCCOc1nc(C(C)(C)C)nc(N)c1C. The molecule has 4 nitrogen and oxygen atoms in total. The second-order valence-electron chi connectivity index (χ2n) is 4.96. The molecule has 0 bridgehead atoms. The molecular weight excluding hydrogens is 202 g/mol. The van der Waals surface area contributed by atoms with Crippen LogP contribution in [0.5, 0.6) is 5.88 Å². The Morgan fingerprint density at radius 3 is 2.38 bits per heavy atom. The van der Waals surface area contributed by atoms with Crippen molar-refractivity contribution in [1.29, 1.82) is 0 Å². The average Bonchev–Trinajstić information content (AvgIpc) is 2.18. The van der Waals surface area contributed by atoms with Crippen molar-refractivity contribution in [3.05, 3.63) is 11.4 Å². The first-order chi connectivity index (χ1) is 7.36. The zero-order valence-corrected chi connectivity index (χ0v) is 10.8. The van der Waals surface area contributed by atoms with Crippen molar-refractivity contribution in [2.24, 2.45) is 0 Å². The van der Waals surface area contributed by atoms with E-state index in [4.69, 9.17) is 10.5 Å². The number of hydrogen-bond acceptors (Lipinski definition) is 4. The molecule has 0 aliphatic rings. The summed E-state index contributed by atoms with van der Waals surface area (Å²) < 4.78 is 5.57. The van der Waals surface area contributed by atoms with Gasteiger partial charge in [-0.05, 0) is 13.3 Å². The van der Waals surface area contributed by atoms with E-state index >= 15 is 0 Å². The largest absolute Gasteiger partial charge is 0.477 e. The van der Waals surface area contributed by atoms with Crippen molar-refractivity contribution < 1.29 is 4.74 Å². The molecule has 16 heavy (non-hydrogen) atoms. The molecule has 0 saturated heterocycles. The molecule has 0 unspecified atom stereocenters. The minimum absolute atomic E-state index is 0.119. The summed E-state index contributed by atoms with van der Waals surface area (Å²) in [6.07, 6.45) is 0.953. The van der Waals surface area contributed by atoms with Crippen LogP contribution in [-0.4, -0.2) is 16.6 Å². The van der Waals surface area contributed by atoms with E-state index in [9.17, 15) is 0 Å². The predicted octanol–water partition coefficient (Wildman–Crippen LogP) is 2.45. The quantitative estimate of drug-likeness (QED) is 0.855. The smallest absolute Gasteiger partial charge is 0.221 e. The van der Waals surface area contributed by atoms with Crippen molar-refractivity contribution in [3.8, 4) is 5.88 Å². The number of rotatable bonds is 3. The molecule has 0 radical (unpaired) electrons. The molecule has 0 spiro atoms. The van der Waals surface area contributed by atoms with Gasteiger partial charge in [-0.2, -0.15) is 4.98 Å². The predicted molar refractivity (Wildman–Crippen MR) is 65.7 cm³/mol. The minimum atomic E-state index is -0.119. The van der Waals surface area contributed by atoms with Crippen molar-refractivity contribution in [3.63, 3.8) is 0 Å². The fourth-order valence-electron chi connectivity index (χ4n) is 1.19. The molecule has 1 aromatic rings. The first-order valence-electron chi connectivity index (χ1n) is 5.63. The van der Waals surface area contributed by atoms with Crippen molar-refractivity contribution in [2.75, 3.05) is 12.3 Å². The van der Waals surface area contributed by atoms with E-state index in [1.165, 1.54) is 0 Å². The molecule has 2 N–H and O–H groups in total. The van der Waals surface area contributed by atoms with Gasteiger partial charge in [0.2, 0.25) is 5.88 Å². The van der Waals surface area contributed by atoms with Crippen molar-refractivity contribution >= 4 is 5.82 Å². The van der Waals surface area contributed by atoms with Gasteiger partial charge < -0.3 is 10.5 Å². The van der Waals surface area contributed by atoms with E-state index in [1.807, 2.05) is 6.92 Å². The van der Waals surface area contributed by atoms with Crippen LogP contribution in [-0.2, 0) is 5.41 Å². The van der Waals surface area contributed by atoms with Gasteiger partial charge in [0.05, 0.1) is 12.2 Å². The Labute approximate surface area is 97.2 Å². The van der Waals surface area contributed by atoms with Gasteiger partial charge in [0.15, 0.2) is 0 Å². The maximum atomic E-state index is 5.86. The number of nitrogens with two attached hydrogens (primary N) is 1. The lowest BCUT2D eigenvalue weighted by Gasteiger charge is -2.19. The van der Waals surface area contributed by atoms with E-state index in [-0.39, 0.29) is 5.41 Å². The third-order valence-electron chi connectivity index (χ3n) is 2.25. The molecule has 1 aromatic heterocycles. The van der Waals surface area contributed by atoms with Crippen LogP contribution in [0, 0.1) is 6.92 Å². The summed E-state index contributed by atoms with van der Waals surface area (Å²) >= 11 is 0. The van der Waals surface area contributed by atoms with E-state index in [1.54, 1.807) is 0 Å². The van der Waals surface area contributed by atoms with Gasteiger partial charge >= 0.3 is 0 Å².